The number of nitrogens with zero attached hydrogens (tertiary/aromatic N) is 3. The van der Waals surface area contributed by atoms with Gasteiger partial charge in [-0.05, 0) is 0 Å². The Morgan fingerprint density at radius 1 is 0.706 bits per heavy atom. The Hall–Kier alpha value is -0.200. The minimum absolute atomic E-state index is 0.292. The predicted octanol–water partition coefficient (Wildman–Crippen LogP) is -1.50. The quantitative estimate of drug-likeness (QED) is 0.614. The van der Waals surface area contributed by atoms with Gasteiger partial charge in [-0.25, -0.2) is 0 Å². The van der Waals surface area contributed by atoms with Gasteiger partial charge in [0.05, 0.1) is 6.61 Å². The summed E-state index contributed by atoms with van der Waals surface area (Å²) in [6, 6.07) is 0. The van der Waals surface area contributed by atoms with E-state index in [0.717, 1.165) is 45.8 Å². The maximum absolute atomic E-state index is 8.89. The van der Waals surface area contributed by atoms with E-state index in [9.17, 15) is 0 Å². The molecule has 5 heteroatoms. The largest absolute Gasteiger partial charge is 0.395 e. The zero-order chi connectivity index (χ0) is 11.9. The molecule has 0 spiro atoms. The fraction of sp³-hybridized carbons (Fsp3) is 1.00. The van der Waals surface area contributed by atoms with Crippen LogP contribution in [0.2, 0.25) is 0 Å². The number of aliphatic hydroxyl groups excluding tert-OH is 1. The van der Waals surface area contributed by atoms with Gasteiger partial charge in [0, 0.05) is 72.0 Å². The Labute approximate surface area is 104 Å². The molecule has 2 aliphatic rings. The summed E-state index contributed by atoms with van der Waals surface area (Å²) < 4.78 is 0. The van der Waals surface area contributed by atoms with Crippen LogP contribution in [0.3, 0.4) is 0 Å². The van der Waals surface area contributed by atoms with Gasteiger partial charge < -0.3 is 10.4 Å². The van der Waals surface area contributed by atoms with Crippen molar-refractivity contribution in [2.75, 3.05) is 78.6 Å². The second kappa shape index (κ2) is 7.28. The van der Waals surface area contributed by atoms with Gasteiger partial charge in [0.15, 0.2) is 0 Å². The molecule has 2 rings (SSSR count). The molecule has 0 saturated carbocycles. The summed E-state index contributed by atoms with van der Waals surface area (Å²) in [7, 11) is 0. The average Bonchev–Trinajstić information content (AvgIpc) is 2.40. The molecule has 2 saturated heterocycles. The first kappa shape index (κ1) is 13.2. The molecule has 0 aliphatic carbocycles. The Kier molecular flexibility index (Phi) is 5.67. The fourth-order valence-corrected chi connectivity index (χ4v) is 2.60. The maximum atomic E-state index is 8.89. The van der Waals surface area contributed by atoms with Crippen LogP contribution in [0.15, 0.2) is 0 Å². The molecule has 2 fully saturated rings. The summed E-state index contributed by atoms with van der Waals surface area (Å²) >= 11 is 0. The Morgan fingerprint density at radius 2 is 1.18 bits per heavy atom. The van der Waals surface area contributed by atoms with Crippen molar-refractivity contribution in [1.29, 1.82) is 0 Å². The Balaban J connectivity index is 1.57. The van der Waals surface area contributed by atoms with E-state index in [1.807, 2.05) is 0 Å². The molecule has 0 aromatic rings. The number of rotatable bonds is 5. The van der Waals surface area contributed by atoms with Crippen molar-refractivity contribution in [1.82, 2.24) is 20.0 Å². The second-order valence-corrected chi connectivity index (χ2v) is 5.00. The average molecular weight is 242 g/mol. The lowest BCUT2D eigenvalue weighted by Gasteiger charge is -2.36. The molecule has 0 bridgehead atoms. The molecule has 0 aromatic heterocycles. The van der Waals surface area contributed by atoms with Gasteiger partial charge in [-0.2, -0.15) is 0 Å². The number of β-amino-alcohol motifs (C(OH)–C–C–N with tert-alkyl or cyclic N) is 1. The summed E-state index contributed by atoms with van der Waals surface area (Å²) in [4.78, 5) is 7.45. The minimum atomic E-state index is 0.292. The first-order valence-electron chi connectivity index (χ1n) is 6.87. The third-order valence-electron chi connectivity index (χ3n) is 3.82. The van der Waals surface area contributed by atoms with Crippen molar-refractivity contribution >= 4 is 0 Å². The zero-order valence-corrected chi connectivity index (χ0v) is 10.8. The van der Waals surface area contributed by atoms with Crippen molar-refractivity contribution in [3.8, 4) is 0 Å². The van der Waals surface area contributed by atoms with E-state index in [-0.39, 0.29) is 0 Å². The molecule has 2 heterocycles. The van der Waals surface area contributed by atoms with E-state index in [1.165, 1.54) is 26.2 Å². The first-order valence-corrected chi connectivity index (χ1v) is 6.87. The summed E-state index contributed by atoms with van der Waals surface area (Å²) in [6.45, 7) is 12.8. The topological polar surface area (TPSA) is 42.0 Å². The summed E-state index contributed by atoms with van der Waals surface area (Å²) in [5.74, 6) is 0. The van der Waals surface area contributed by atoms with E-state index < -0.39 is 0 Å². The highest BCUT2D eigenvalue weighted by molar-refractivity contribution is 4.74. The van der Waals surface area contributed by atoms with Gasteiger partial charge >= 0.3 is 0 Å². The normalized spacial score (nSPS) is 25.2. The molecule has 17 heavy (non-hydrogen) atoms. The van der Waals surface area contributed by atoms with Crippen LogP contribution in [-0.4, -0.2) is 98.4 Å². The lowest BCUT2D eigenvalue weighted by atomic mass is 10.3. The number of nitrogens with one attached hydrogen (secondary N) is 1. The number of piperazine rings is 2. The standard InChI is InChI=1S/C12H26N4O/c17-12-11-16-9-7-15(8-10-16)6-5-14-3-1-13-2-4-14/h13,17H,1-12H2. The molecular formula is C12H26N4O. The third kappa shape index (κ3) is 4.52. The molecule has 0 radical (unpaired) electrons. The van der Waals surface area contributed by atoms with Crippen LogP contribution in [0.4, 0.5) is 0 Å². The molecule has 5 nitrogen and oxygen atoms in total. The number of hydrogen-bond donors (Lipinski definition) is 2. The second-order valence-electron chi connectivity index (χ2n) is 5.00. The van der Waals surface area contributed by atoms with Crippen molar-refractivity contribution in [3.05, 3.63) is 0 Å². The molecule has 0 atom stereocenters. The summed E-state index contributed by atoms with van der Waals surface area (Å²) in [5, 5.41) is 12.3. The monoisotopic (exact) mass is 242 g/mol. The van der Waals surface area contributed by atoms with Gasteiger partial charge in [0.2, 0.25) is 0 Å². The highest BCUT2D eigenvalue weighted by Gasteiger charge is 2.17. The van der Waals surface area contributed by atoms with Crippen LogP contribution in [0, 0.1) is 0 Å². The van der Waals surface area contributed by atoms with Crippen molar-refractivity contribution in [2.45, 2.75) is 0 Å². The SMILES string of the molecule is OCCN1CCN(CCN2CCNCC2)CC1. The van der Waals surface area contributed by atoms with Gasteiger partial charge in [0.25, 0.3) is 0 Å². The molecule has 2 N–H and O–H groups in total. The fourth-order valence-electron chi connectivity index (χ4n) is 2.60. The number of hydrogen-bond acceptors (Lipinski definition) is 5. The van der Waals surface area contributed by atoms with Crippen LogP contribution in [0.25, 0.3) is 0 Å². The Morgan fingerprint density at radius 3 is 1.71 bits per heavy atom. The van der Waals surface area contributed by atoms with Gasteiger partial charge in [-0.1, -0.05) is 0 Å². The van der Waals surface area contributed by atoms with Crippen molar-refractivity contribution in [2.24, 2.45) is 0 Å². The molecule has 0 unspecified atom stereocenters. The predicted molar refractivity (Wildman–Crippen MR) is 69.3 cm³/mol. The third-order valence-corrected chi connectivity index (χ3v) is 3.82. The Bertz CT molecular complexity index is 201. The van der Waals surface area contributed by atoms with E-state index >= 15 is 0 Å². The summed E-state index contributed by atoms with van der Waals surface area (Å²) in [6.07, 6.45) is 0. The van der Waals surface area contributed by atoms with E-state index in [2.05, 4.69) is 20.0 Å². The lowest BCUT2D eigenvalue weighted by molar-refractivity contribution is 0.101. The number of aliphatic hydroxyl groups is 1. The maximum Gasteiger partial charge on any atom is 0.0558 e. The van der Waals surface area contributed by atoms with Crippen LogP contribution < -0.4 is 5.32 Å². The van der Waals surface area contributed by atoms with Gasteiger partial charge in [-0.15, -0.1) is 0 Å². The van der Waals surface area contributed by atoms with Gasteiger partial charge in [-0.3, -0.25) is 14.7 Å². The molecule has 100 valence electrons. The highest BCUT2D eigenvalue weighted by atomic mass is 16.3. The molecule has 0 aromatic carbocycles. The molecule has 0 amide bonds. The van der Waals surface area contributed by atoms with E-state index in [0.29, 0.717) is 6.61 Å². The van der Waals surface area contributed by atoms with Gasteiger partial charge in [0.1, 0.15) is 0 Å². The first-order chi connectivity index (χ1) is 8.38. The smallest absolute Gasteiger partial charge is 0.0558 e. The van der Waals surface area contributed by atoms with Crippen LogP contribution in [0.1, 0.15) is 0 Å². The van der Waals surface area contributed by atoms with E-state index in [4.69, 9.17) is 5.11 Å². The lowest BCUT2D eigenvalue weighted by Crippen LogP contribution is -2.51. The summed E-state index contributed by atoms with van der Waals surface area (Å²) in [5.41, 5.74) is 0. The zero-order valence-electron chi connectivity index (χ0n) is 10.8. The molecule has 2 aliphatic heterocycles. The van der Waals surface area contributed by atoms with E-state index in [1.54, 1.807) is 0 Å². The minimum Gasteiger partial charge on any atom is -0.395 e. The van der Waals surface area contributed by atoms with Crippen molar-refractivity contribution in [3.63, 3.8) is 0 Å². The van der Waals surface area contributed by atoms with Crippen LogP contribution >= 0.6 is 0 Å². The highest BCUT2D eigenvalue weighted by Crippen LogP contribution is 2.02. The van der Waals surface area contributed by atoms with Crippen molar-refractivity contribution < 1.29 is 5.11 Å². The molecular weight excluding hydrogens is 216 g/mol. The van der Waals surface area contributed by atoms with Crippen LogP contribution in [0.5, 0.6) is 0 Å². The van der Waals surface area contributed by atoms with Crippen LogP contribution in [-0.2, 0) is 0 Å².